The molecular weight excluding hydrogens is 393 g/mol. The SMILES string of the molecule is NC(=O)C1CC(C(=O)Nc2nc(-c3ccc(F)cc3)cs2)=NN1c1ccccc1. The first-order valence-corrected chi connectivity index (χ1v) is 9.63. The van der Waals surface area contributed by atoms with Gasteiger partial charge in [-0.05, 0) is 36.4 Å². The molecule has 29 heavy (non-hydrogen) atoms. The molecule has 0 radical (unpaired) electrons. The van der Waals surface area contributed by atoms with E-state index in [2.05, 4.69) is 15.4 Å². The molecule has 0 bridgehead atoms. The number of carbonyl (C=O) groups is 2. The Balaban J connectivity index is 1.51. The quantitative estimate of drug-likeness (QED) is 0.676. The Kier molecular flexibility index (Phi) is 5.05. The second-order valence-corrected chi connectivity index (χ2v) is 7.21. The molecule has 146 valence electrons. The summed E-state index contributed by atoms with van der Waals surface area (Å²) in [5, 5.41) is 10.6. The van der Waals surface area contributed by atoms with Crippen molar-refractivity contribution in [2.24, 2.45) is 10.8 Å². The minimum Gasteiger partial charge on any atom is -0.368 e. The lowest BCUT2D eigenvalue weighted by atomic mass is 10.1. The minimum absolute atomic E-state index is 0.103. The minimum atomic E-state index is -0.732. The van der Waals surface area contributed by atoms with Crippen LogP contribution in [0.15, 0.2) is 65.1 Å². The largest absolute Gasteiger partial charge is 0.368 e. The van der Waals surface area contributed by atoms with Crippen molar-refractivity contribution in [3.05, 3.63) is 65.8 Å². The van der Waals surface area contributed by atoms with Gasteiger partial charge in [0.15, 0.2) is 5.13 Å². The van der Waals surface area contributed by atoms with Crippen LogP contribution in [0.1, 0.15) is 6.42 Å². The van der Waals surface area contributed by atoms with Crippen molar-refractivity contribution in [1.82, 2.24) is 4.98 Å². The molecule has 1 atom stereocenters. The van der Waals surface area contributed by atoms with Gasteiger partial charge in [-0.2, -0.15) is 5.10 Å². The molecule has 0 saturated heterocycles. The third-order valence-corrected chi connectivity index (χ3v) is 5.14. The van der Waals surface area contributed by atoms with Crippen molar-refractivity contribution in [3.8, 4) is 11.3 Å². The number of amides is 2. The highest BCUT2D eigenvalue weighted by Gasteiger charge is 2.35. The van der Waals surface area contributed by atoms with E-state index >= 15 is 0 Å². The van der Waals surface area contributed by atoms with E-state index in [0.717, 1.165) is 5.56 Å². The van der Waals surface area contributed by atoms with E-state index < -0.39 is 17.9 Å². The van der Waals surface area contributed by atoms with Gasteiger partial charge in [0.25, 0.3) is 5.91 Å². The number of hydrazone groups is 1. The van der Waals surface area contributed by atoms with Crippen molar-refractivity contribution >= 4 is 39.7 Å². The number of nitrogens with zero attached hydrogens (tertiary/aromatic N) is 3. The van der Waals surface area contributed by atoms with Crippen molar-refractivity contribution in [2.75, 3.05) is 10.3 Å². The van der Waals surface area contributed by atoms with Crippen LogP contribution in [-0.4, -0.2) is 28.6 Å². The average Bonchev–Trinajstić information content (AvgIpc) is 3.37. The molecule has 3 aromatic rings. The van der Waals surface area contributed by atoms with Gasteiger partial charge in [0.05, 0.1) is 11.4 Å². The number of thiazole rings is 1. The van der Waals surface area contributed by atoms with Crippen LogP contribution < -0.4 is 16.1 Å². The number of hydrogen-bond donors (Lipinski definition) is 2. The lowest BCUT2D eigenvalue weighted by molar-refractivity contribution is -0.119. The number of para-hydroxylation sites is 1. The van der Waals surface area contributed by atoms with Crippen LogP contribution in [0.25, 0.3) is 11.3 Å². The molecule has 0 fully saturated rings. The van der Waals surface area contributed by atoms with Crippen LogP contribution in [0.3, 0.4) is 0 Å². The number of anilines is 2. The fraction of sp³-hybridized carbons (Fsp3) is 0.100. The smallest absolute Gasteiger partial charge is 0.273 e. The van der Waals surface area contributed by atoms with Crippen LogP contribution in [-0.2, 0) is 9.59 Å². The van der Waals surface area contributed by atoms with Crippen LogP contribution in [0.4, 0.5) is 15.2 Å². The first-order chi connectivity index (χ1) is 14.0. The van der Waals surface area contributed by atoms with Crippen LogP contribution in [0.2, 0.25) is 0 Å². The van der Waals surface area contributed by atoms with Crippen LogP contribution in [0, 0.1) is 5.82 Å². The van der Waals surface area contributed by atoms with Gasteiger partial charge in [-0.15, -0.1) is 11.3 Å². The molecule has 1 aliphatic heterocycles. The third-order valence-electron chi connectivity index (χ3n) is 4.39. The molecule has 4 rings (SSSR count). The van der Waals surface area contributed by atoms with Gasteiger partial charge in [0.2, 0.25) is 5.91 Å². The van der Waals surface area contributed by atoms with Crippen LogP contribution in [0.5, 0.6) is 0 Å². The summed E-state index contributed by atoms with van der Waals surface area (Å²) < 4.78 is 13.1. The number of nitrogens with two attached hydrogens (primary N) is 1. The van der Waals surface area contributed by atoms with E-state index in [-0.39, 0.29) is 17.9 Å². The second-order valence-electron chi connectivity index (χ2n) is 6.35. The summed E-state index contributed by atoms with van der Waals surface area (Å²) in [7, 11) is 0. The van der Waals surface area contributed by atoms with E-state index in [4.69, 9.17) is 5.73 Å². The zero-order valence-corrected chi connectivity index (χ0v) is 15.9. The molecule has 1 aliphatic rings. The highest BCUT2D eigenvalue weighted by molar-refractivity contribution is 7.14. The number of nitrogens with one attached hydrogen (secondary N) is 1. The predicted molar refractivity (Wildman–Crippen MR) is 110 cm³/mol. The zero-order chi connectivity index (χ0) is 20.4. The van der Waals surface area contributed by atoms with E-state index in [9.17, 15) is 14.0 Å². The van der Waals surface area contributed by atoms with Gasteiger partial charge in [0.1, 0.15) is 17.6 Å². The lowest BCUT2D eigenvalue weighted by Gasteiger charge is -2.20. The van der Waals surface area contributed by atoms with E-state index in [1.165, 1.54) is 28.5 Å². The molecule has 0 spiro atoms. The Labute approximate surface area is 169 Å². The maximum absolute atomic E-state index is 13.1. The maximum atomic E-state index is 13.1. The van der Waals surface area contributed by atoms with Gasteiger partial charge in [-0.25, -0.2) is 9.37 Å². The average molecular weight is 409 g/mol. The topological polar surface area (TPSA) is 101 Å². The summed E-state index contributed by atoms with van der Waals surface area (Å²) in [4.78, 5) is 28.8. The molecule has 9 heteroatoms. The molecule has 3 N–H and O–H groups in total. The fourth-order valence-corrected chi connectivity index (χ4v) is 3.66. The summed E-state index contributed by atoms with van der Waals surface area (Å²) in [5.74, 6) is -1.34. The first-order valence-electron chi connectivity index (χ1n) is 8.75. The molecule has 2 heterocycles. The third kappa shape index (κ3) is 3.99. The predicted octanol–water partition coefficient (Wildman–Crippen LogP) is 3.01. The number of rotatable bonds is 5. The first kappa shape index (κ1) is 18.8. The monoisotopic (exact) mass is 409 g/mol. The van der Waals surface area contributed by atoms with E-state index in [0.29, 0.717) is 16.5 Å². The molecule has 2 aromatic carbocycles. The number of carbonyl (C=O) groups excluding carboxylic acids is 2. The van der Waals surface area contributed by atoms with Crippen molar-refractivity contribution in [1.29, 1.82) is 0 Å². The van der Waals surface area contributed by atoms with Crippen molar-refractivity contribution < 1.29 is 14.0 Å². The molecule has 0 saturated carbocycles. The van der Waals surface area contributed by atoms with Crippen molar-refractivity contribution in [3.63, 3.8) is 0 Å². The Morgan fingerprint density at radius 2 is 1.86 bits per heavy atom. The Bertz CT molecular complexity index is 1080. The Morgan fingerprint density at radius 1 is 1.14 bits per heavy atom. The summed E-state index contributed by atoms with van der Waals surface area (Å²) >= 11 is 1.24. The lowest BCUT2D eigenvalue weighted by Crippen LogP contribution is -2.39. The van der Waals surface area contributed by atoms with E-state index in [1.54, 1.807) is 29.6 Å². The molecule has 7 nitrogen and oxygen atoms in total. The molecule has 2 amide bonds. The van der Waals surface area contributed by atoms with Gasteiger partial charge in [-0.3, -0.25) is 19.9 Å². The summed E-state index contributed by atoms with van der Waals surface area (Å²) in [6.45, 7) is 0. The molecule has 1 aromatic heterocycles. The summed E-state index contributed by atoms with van der Waals surface area (Å²) in [6.07, 6.45) is 0.103. The van der Waals surface area contributed by atoms with Gasteiger partial charge >= 0.3 is 0 Å². The van der Waals surface area contributed by atoms with E-state index in [1.807, 2.05) is 18.2 Å². The molecule has 1 unspecified atom stereocenters. The Morgan fingerprint density at radius 3 is 2.55 bits per heavy atom. The number of primary amides is 1. The highest BCUT2D eigenvalue weighted by atomic mass is 32.1. The highest BCUT2D eigenvalue weighted by Crippen LogP contribution is 2.27. The Hall–Kier alpha value is -3.59. The van der Waals surface area contributed by atoms with Crippen molar-refractivity contribution in [2.45, 2.75) is 12.5 Å². The van der Waals surface area contributed by atoms with Crippen LogP contribution >= 0.6 is 11.3 Å². The molecular formula is C20H16FN5O2S. The van der Waals surface area contributed by atoms with Gasteiger partial charge in [-0.1, -0.05) is 18.2 Å². The summed E-state index contributed by atoms with van der Waals surface area (Å²) in [5.41, 5.74) is 7.73. The van der Waals surface area contributed by atoms with Gasteiger partial charge < -0.3 is 5.73 Å². The molecule has 0 aliphatic carbocycles. The van der Waals surface area contributed by atoms with Gasteiger partial charge in [0, 0.05) is 17.4 Å². The number of benzene rings is 2. The summed E-state index contributed by atoms with van der Waals surface area (Å²) in [6, 6.07) is 14.2. The fourth-order valence-electron chi connectivity index (χ4n) is 2.94. The number of hydrogen-bond acceptors (Lipinski definition) is 6. The second kappa shape index (κ2) is 7.80. The number of aromatic nitrogens is 1. The number of halogens is 1. The standard InChI is InChI=1S/C20H16FN5O2S/c21-13-8-6-12(7-9-13)16-11-29-20(23-16)24-19(28)15-10-17(18(22)27)26(25-15)14-4-2-1-3-5-14/h1-9,11,17H,10H2,(H2,22,27)(H,23,24,28). The maximum Gasteiger partial charge on any atom is 0.273 e. The normalized spacial score (nSPS) is 15.8. The zero-order valence-electron chi connectivity index (χ0n) is 15.1.